The van der Waals surface area contributed by atoms with Gasteiger partial charge in [0.05, 0.1) is 18.2 Å². The third-order valence-electron chi connectivity index (χ3n) is 6.76. The SMILES string of the molecule is COC(=O)c1c(NC(=O)CCSc2nc3c(cc2C#N)CCCCC3)sc2c1CCc1ccccc1-2. The van der Waals surface area contributed by atoms with Crippen molar-refractivity contribution in [3.8, 4) is 16.5 Å². The summed E-state index contributed by atoms with van der Waals surface area (Å²) in [5, 5.41) is 13.8. The Morgan fingerprint density at radius 3 is 2.81 bits per heavy atom. The molecule has 0 unspecified atom stereocenters. The number of fused-ring (bicyclic) bond motifs is 4. The number of carbonyl (C=O) groups excluding carboxylic acids is 2. The Morgan fingerprint density at radius 1 is 1.14 bits per heavy atom. The van der Waals surface area contributed by atoms with Gasteiger partial charge in [-0.25, -0.2) is 9.78 Å². The van der Waals surface area contributed by atoms with Crippen LogP contribution in [0.2, 0.25) is 0 Å². The number of aryl methyl sites for hydroxylation is 3. The highest BCUT2D eigenvalue weighted by atomic mass is 32.2. The largest absolute Gasteiger partial charge is 0.465 e. The van der Waals surface area contributed by atoms with Crippen LogP contribution in [-0.2, 0) is 35.2 Å². The van der Waals surface area contributed by atoms with Crippen molar-refractivity contribution in [2.24, 2.45) is 0 Å². The number of rotatable bonds is 6. The summed E-state index contributed by atoms with van der Waals surface area (Å²) < 4.78 is 5.06. The lowest BCUT2D eigenvalue weighted by Crippen LogP contribution is -2.15. The molecule has 0 atom stereocenters. The Hall–Kier alpha value is -3.15. The molecule has 0 saturated carbocycles. The number of thioether (sulfide) groups is 1. The van der Waals surface area contributed by atoms with Crippen molar-refractivity contribution in [1.82, 2.24) is 4.98 Å². The van der Waals surface area contributed by atoms with E-state index in [0.717, 1.165) is 60.2 Å². The van der Waals surface area contributed by atoms with Crippen LogP contribution < -0.4 is 5.32 Å². The Kier molecular flexibility index (Phi) is 7.40. The van der Waals surface area contributed by atoms with Gasteiger partial charge >= 0.3 is 5.97 Å². The molecule has 3 aromatic rings. The Balaban J connectivity index is 1.30. The number of nitrogens with one attached hydrogen (secondary N) is 1. The van der Waals surface area contributed by atoms with Gasteiger partial charge in [-0.1, -0.05) is 30.7 Å². The van der Waals surface area contributed by atoms with E-state index in [9.17, 15) is 14.9 Å². The fourth-order valence-electron chi connectivity index (χ4n) is 4.96. The van der Waals surface area contributed by atoms with E-state index < -0.39 is 5.97 Å². The molecule has 2 aliphatic rings. The van der Waals surface area contributed by atoms with Crippen LogP contribution >= 0.6 is 23.1 Å². The van der Waals surface area contributed by atoms with Crippen LogP contribution in [0.25, 0.3) is 10.4 Å². The average molecular weight is 518 g/mol. The summed E-state index contributed by atoms with van der Waals surface area (Å²) in [7, 11) is 1.37. The second-order valence-electron chi connectivity index (χ2n) is 9.03. The van der Waals surface area contributed by atoms with Crippen LogP contribution in [0.15, 0.2) is 35.4 Å². The minimum absolute atomic E-state index is 0.173. The van der Waals surface area contributed by atoms with Gasteiger partial charge in [-0.3, -0.25) is 4.79 Å². The van der Waals surface area contributed by atoms with E-state index in [-0.39, 0.29) is 12.3 Å². The fourth-order valence-corrected chi connectivity index (χ4v) is 7.19. The lowest BCUT2D eigenvalue weighted by atomic mass is 9.89. The zero-order valence-electron chi connectivity index (χ0n) is 20.2. The highest BCUT2D eigenvalue weighted by Gasteiger charge is 2.29. The number of anilines is 1. The van der Waals surface area contributed by atoms with E-state index >= 15 is 0 Å². The number of nitriles is 1. The number of thiophene rings is 1. The molecule has 0 saturated heterocycles. The molecule has 184 valence electrons. The normalized spacial score (nSPS) is 14.0. The van der Waals surface area contributed by atoms with Gasteiger partial charge in [-0.15, -0.1) is 23.1 Å². The van der Waals surface area contributed by atoms with Crippen molar-refractivity contribution in [2.75, 3.05) is 18.2 Å². The summed E-state index contributed by atoms with van der Waals surface area (Å²) in [6.07, 6.45) is 7.19. The van der Waals surface area contributed by atoms with E-state index in [1.807, 2.05) is 18.2 Å². The molecule has 2 heterocycles. The summed E-state index contributed by atoms with van der Waals surface area (Å²) >= 11 is 2.88. The molecule has 5 rings (SSSR count). The maximum Gasteiger partial charge on any atom is 0.341 e. The highest BCUT2D eigenvalue weighted by molar-refractivity contribution is 7.99. The van der Waals surface area contributed by atoms with E-state index in [4.69, 9.17) is 9.72 Å². The van der Waals surface area contributed by atoms with Crippen LogP contribution in [0.1, 0.15) is 64.0 Å². The maximum absolute atomic E-state index is 12.9. The monoisotopic (exact) mass is 517 g/mol. The lowest BCUT2D eigenvalue weighted by molar-refractivity contribution is -0.115. The summed E-state index contributed by atoms with van der Waals surface area (Å²) in [5.41, 5.74) is 6.63. The lowest BCUT2D eigenvalue weighted by Gasteiger charge is -2.16. The van der Waals surface area contributed by atoms with Gasteiger partial charge in [0.25, 0.3) is 0 Å². The standard InChI is InChI=1S/C28H27N3O3S2/c1-34-28(33)24-21-12-11-17-7-5-6-9-20(17)25(21)36-27(24)31-23(32)13-14-35-26-19(16-29)15-18-8-3-2-4-10-22(18)30-26/h5-7,9,15H,2-4,8,10-14H2,1H3,(H,31,32). The van der Waals surface area contributed by atoms with Crippen molar-refractivity contribution >= 4 is 40.0 Å². The second kappa shape index (κ2) is 10.9. The topological polar surface area (TPSA) is 92.1 Å². The average Bonchev–Trinajstić information content (AvgIpc) is 3.10. The fraction of sp³-hybridized carbons (Fsp3) is 0.357. The van der Waals surface area contributed by atoms with Crippen molar-refractivity contribution in [3.05, 3.63) is 63.8 Å². The van der Waals surface area contributed by atoms with Gasteiger partial charge in [-0.05, 0) is 66.8 Å². The quantitative estimate of drug-likeness (QED) is 0.247. The van der Waals surface area contributed by atoms with Crippen LogP contribution in [-0.4, -0.2) is 29.7 Å². The number of pyridine rings is 1. The molecule has 6 nitrogen and oxygen atoms in total. The number of ether oxygens (including phenoxy) is 1. The smallest absolute Gasteiger partial charge is 0.341 e. The molecule has 1 amide bonds. The molecule has 0 radical (unpaired) electrons. The Bertz CT molecular complexity index is 1370. The molecule has 2 aliphatic carbocycles. The van der Waals surface area contributed by atoms with Gasteiger partial charge in [0, 0.05) is 22.7 Å². The third kappa shape index (κ3) is 4.91. The Morgan fingerprint density at radius 2 is 1.97 bits per heavy atom. The van der Waals surface area contributed by atoms with E-state index in [2.05, 4.69) is 23.5 Å². The first-order valence-corrected chi connectivity index (χ1v) is 14.1. The number of carbonyl (C=O) groups is 2. The van der Waals surface area contributed by atoms with Crippen LogP contribution in [0, 0.1) is 11.3 Å². The molecule has 1 aromatic carbocycles. The molecule has 0 aliphatic heterocycles. The number of aromatic nitrogens is 1. The third-order valence-corrected chi connectivity index (χ3v) is 8.93. The summed E-state index contributed by atoms with van der Waals surface area (Å²) in [6, 6.07) is 12.4. The number of hydrogen-bond donors (Lipinski definition) is 1. The predicted molar refractivity (Wildman–Crippen MR) is 143 cm³/mol. The molecular formula is C28H27N3O3S2. The van der Waals surface area contributed by atoms with Crippen molar-refractivity contribution < 1.29 is 14.3 Å². The molecule has 2 aromatic heterocycles. The molecule has 36 heavy (non-hydrogen) atoms. The minimum Gasteiger partial charge on any atom is -0.465 e. The predicted octanol–water partition coefficient (Wildman–Crippen LogP) is 5.96. The van der Waals surface area contributed by atoms with Crippen LogP contribution in [0.4, 0.5) is 5.00 Å². The van der Waals surface area contributed by atoms with Crippen molar-refractivity contribution in [3.63, 3.8) is 0 Å². The summed E-state index contributed by atoms with van der Waals surface area (Å²) in [4.78, 5) is 31.4. The van der Waals surface area contributed by atoms with Gasteiger partial charge in [0.1, 0.15) is 16.1 Å². The number of methoxy groups -OCH3 is 1. The first kappa shape index (κ1) is 24.5. The molecule has 0 bridgehead atoms. The molecule has 0 spiro atoms. The second-order valence-corrected chi connectivity index (χ2v) is 11.1. The van der Waals surface area contributed by atoms with Crippen molar-refractivity contribution in [1.29, 1.82) is 5.26 Å². The van der Waals surface area contributed by atoms with Gasteiger partial charge < -0.3 is 10.1 Å². The van der Waals surface area contributed by atoms with Crippen LogP contribution in [0.5, 0.6) is 0 Å². The number of benzene rings is 1. The molecule has 1 N–H and O–H groups in total. The first-order chi connectivity index (χ1) is 17.6. The maximum atomic E-state index is 12.9. The minimum atomic E-state index is -0.426. The Labute approximate surface area is 219 Å². The zero-order valence-corrected chi connectivity index (χ0v) is 21.8. The molecule has 8 heteroatoms. The van der Waals surface area contributed by atoms with E-state index in [1.54, 1.807) is 0 Å². The number of nitrogens with zero attached hydrogens (tertiary/aromatic N) is 2. The number of amides is 1. The number of esters is 1. The van der Waals surface area contributed by atoms with Crippen molar-refractivity contribution in [2.45, 2.75) is 56.4 Å². The summed E-state index contributed by atoms with van der Waals surface area (Å²) in [5.74, 6) is -0.106. The van der Waals surface area contributed by atoms with Gasteiger partial charge in [0.15, 0.2) is 0 Å². The molecule has 0 fully saturated rings. The van der Waals surface area contributed by atoms with E-state index in [1.165, 1.54) is 47.8 Å². The summed E-state index contributed by atoms with van der Waals surface area (Å²) in [6.45, 7) is 0. The highest BCUT2D eigenvalue weighted by Crippen LogP contribution is 2.45. The van der Waals surface area contributed by atoms with Crippen LogP contribution in [0.3, 0.4) is 0 Å². The number of hydrogen-bond acceptors (Lipinski definition) is 7. The van der Waals surface area contributed by atoms with Gasteiger partial charge in [-0.2, -0.15) is 5.26 Å². The van der Waals surface area contributed by atoms with Gasteiger partial charge in [0.2, 0.25) is 5.91 Å². The van der Waals surface area contributed by atoms with E-state index in [0.29, 0.717) is 26.9 Å². The first-order valence-electron chi connectivity index (χ1n) is 12.3. The zero-order chi connectivity index (χ0) is 25.1. The molecular weight excluding hydrogens is 490 g/mol.